The van der Waals surface area contributed by atoms with E-state index >= 15 is 0 Å². The first-order chi connectivity index (χ1) is 12.0. The van der Waals surface area contributed by atoms with Gasteiger partial charge in [-0.1, -0.05) is 43.2 Å². The summed E-state index contributed by atoms with van der Waals surface area (Å²) in [5.41, 5.74) is 1.25. The predicted octanol–water partition coefficient (Wildman–Crippen LogP) is 3.58. The monoisotopic (exact) mass is 357 g/mol. The van der Waals surface area contributed by atoms with E-state index in [4.69, 9.17) is 0 Å². The Balaban J connectivity index is 1.61. The zero-order chi connectivity index (χ0) is 17.7. The highest BCUT2D eigenvalue weighted by Gasteiger charge is 2.17. The molecule has 1 amide bonds. The van der Waals surface area contributed by atoms with Crippen molar-refractivity contribution >= 4 is 15.7 Å². The Morgan fingerprint density at radius 3 is 2.24 bits per heavy atom. The lowest BCUT2D eigenvalue weighted by Crippen LogP contribution is -2.28. The number of benzene rings is 2. The number of carbonyl (C=O) groups is 1. The Kier molecular flexibility index (Phi) is 5.53. The van der Waals surface area contributed by atoms with E-state index in [0.29, 0.717) is 21.9 Å². The normalized spacial score (nSPS) is 15.2. The minimum Gasteiger partial charge on any atom is -0.352 e. The van der Waals surface area contributed by atoms with Gasteiger partial charge in [0, 0.05) is 12.1 Å². The van der Waals surface area contributed by atoms with Crippen molar-refractivity contribution in [3.8, 4) is 0 Å². The first-order valence-electron chi connectivity index (χ1n) is 8.69. The maximum absolute atomic E-state index is 12.4. The van der Waals surface area contributed by atoms with E-state index in [1.165, 1.54) is 25.7 Å². The van der Waals surface area contributed by atoms with Gasteiger partial charge >= 0.3 is 0 Å². The third-order valence-corrected chi connectivity index (χ3v) is 6.40. The second kappa shape index (κ2) is 7.83. The Morgan fingerprint density at radius 2 is 1.60 bits per heavy atom. The number of carbonyl (C=O) groups excluding carboxylic acids is 1. The van der Waals surface area contributed by atoms with Crippen LogP contribution in [0, 0.1) is 5.92 Å². The summed E-state index contributed by atoms with van der Waals surface area (Å²) < 4.78 is 24.8. The topological polar surface area (TPSA) is 63.2 Å². The van der Waals surface area contributed by atoms with Crippen LogP contribution in [0.15, 0.2) is 59.5 Å². The van der Waals surface area contributed by atoms with Crippen LogP contribution < -0.4 is 5.32 Å². The lowest BCUT2D eigenvalue weighted by Gasteiger charge is -2.11. The van der Waals surface area contributed by atoms with Crippen molar-refractivity contribution < 1.29 is 13.2 Å². The SMILES string of the molecule is O=C(NCC1CCCC1)c1ccc(CS(=O)(=O)c2ccccc2)cc1. The van der Waals surface area contributed by atoms with Gasteiger partial charge in [-0.05, 0) is 48.6 Å². The number of rotatable bonds is 6. The van der Waals surface area contributed by atoms with Gasteiger partial charge in [-0.3, -0.25) is 4.79 Å². The van der Waals surface area contributed by atoms with E-state index in [1.54, 1.807) is 54.6 Å². The van der Waals surface area contributed by atoms with Gasteiger partial charge < -0.3 is 5.32 Å². The molecule has 0 radical (unpaired) electrons. The molecule has 5 heteroatoms. The van der Waals surface area contributed by atoms with E-state index in [9.17, 15) is 13.2 Å². The van der Waals surface area contributed by atoms with E-state index < -0.39 is 9.84 Å². The van der Waals surface area contributed by atoms with Crippen LogP contribution in [0.3, 0.4) is 0 Å². The molecule has 1 aliphatic carbocycles. The maximum Gasteiger partial charge on any atom is 0.251 e. The zero-order valence-electron chi connectivity index (χ0n) is 14.1. The number of hydrogen-bond acceptors (Lipinski definition) is 3. The van der Waals surface area contributed by atoms with Crippen LogP contribution in [-0.2, 0) is 15.6 Å². The Bertz CT molecular complexity index is 808. The number of amides is 1. The summed E-state index contributed by atoms with van der Waals surface area (Å²) in [6.45, 7) is 0.725. The molecule has 0 atom stereocenters. The molecule has 1 saturated carbocycles. The van der Waals surface area contributed by atoms with Gasteiger partial charge in [0.15, 0.2) is 9.84 Å². The highest BCUT2D eigenvalue weighted by molar-refractivity contribution is 7.90. The van der Waals surface area contributed by atoms with Gasteiger partial charge in [0.2, 0.25) is 0 Å². The highest BCUT2D eigenvalue weighted by atomic mass is 32.2. The first-order valence-corrected chi connectivity index (χ1v) is 10.3. The van der Waals surface area contributed by atoms with E-state index in [0.717, 1.165) is 6.54 Å². The van der Waals surface area contributed by atoms with Gasteiger partial charge in [-0.25, -0.2) is 8.42 Å². The second-order valence-corrected chi connectivity index (χ2v) is 8.62. The molecule has 0 saturated heterocycles. The van der Waals surface area contributed by atoms with E-state index in [-0.39, 0.29) is 11.7 Å². The smallest absolute Gasteiger partial charge is 0.251 e. The van der Waals surface area contributed by atoms with Gasteiger partial charge in [0.25, 0.3) is 5.91 Å². The van der Waals surface area contributed by atoms with Gasteiger partial charge in [-0.2, -0.15) is 0 Å². The van der Waals surface area contributed by atoms with Crippen LogP contribution in [0.4, 0.5) is 0 Å². The predicted molar refractivity (Wildman–Crippen MR) is 98.1 cm³/mol. The average molecular weight is 357 g/mol. The summed E-state index contributed by atoms with van der Waals surface area (Å²) in [6, 6.07) is 15.2. The molecule has 1 N–H and O–H groups in total. The molecule has 2 aromatic carbocycles. The largest absolute Gasteiger partial charge is 0.352 e. The van der Waals surface area contributed by atoms with Crippen LogP contribution in [0.5, 0.6) is 0 Å². The molecule has 3 rings (SSSR count). The lowest BCUT2D eigenvalue weighted by molar-refractivity contribution is 0.0947. The molecule has 2 aromatic rings. The fraction of sp³-hybridized carbons (Fsp3) is 0.350. The standard InChI is InChI=1S/C20H23NO3S/c22-20(21-14-16-6-4-5-7-16)18-12-10-17(11-13-18)15-25(23,24)19-8-2-1-3-9-19/h1-3,8-13,16H,4-7,14-15H2,(H,21,22). The number of sulfone groups is 1. The number of hydrogen-bond donors (Lipinski definition) is 1. The molecule has 0 heterocycles. The van der Waals surface area contributed by atoms with Crippen molar-refractivity contribution in [2.45, 2.75) is 36.3 Å². The molecule has 0 spiro atoms. The van der Waals surface area contributed by atoms with Crippen molar-refractivity contribution in [3.05, 3.63) is 65.7 Å². The molecule has 1 aliphatic rings. The van der Waals surface area contributed by atoms with Crippen LogP contribution in [0.2, 0.25) is 0 Å². The molecular weight excluding hydrogens is 334 g/mol. The minimum absolute atomic E-state index is 0.0685. The van der Waals surface area contributed by atoms with Gasteiger partial charge in [0.1, 0.15) is 0 Å². The quantitative estimate of drug-likeness (QED) is 0.859. The van der Waals surface area contributed by atoms with Crippen molar-refractivity contribution in [2.75, 3.05) is 6.54 Å². The highest BCUT2D eigenvalue weighted by Crippen LogP contribution is 2.23. The summed E-state index contributed by atoms with van der Waals surface area (Å²) in [4.78, 5) is 12.5. The summed E-state index contributed by atoms with van der Waals surface area (Å²) in [5, 5.41) is 2.98. The van der Waals surface area contributed by atoms with Crippen LogP contribution in [0.25, 0.3) is 0 Å². The third kappa shape index (κ3) is 4.69. The summed E-state index contributed by atoms with van der Waals surface area (Å²) in [6.07, 6.45) is 4.89. The minimum atomic E-state index is -3.37. The zero-order valence-corrected chi connectivity index (χ0v) is 15.0. The summed E-state index contributed by atoms with van der Waals surface area (Å²) in [7, 11) is -3.37. The second-order valence-electron chi connectivity index (χ2n) is 6.63. The van der Waals surface area contributed by atoms with Crippen molar-refractivity contribution in [2.24, 2.45) is 5.92 Å². The molecule has 132 valence electrons. The van der Waals surface area contributed by atoms with Gasteiger partial charge in [0.05, 0.1) is 10.6 Å². The lowest BCUT2D eigenvalue weighted by atomic mass is 10.1. The Labute approximate surface area is 149 Å². The molecule has 0 unspecified atom stereocenters. The van der Waals surface area contributed by atoms with Crippen LogP contribution in [0.1, 0.15) is 41.6 Å². The first kappa shape index (κ1) is 17.7. The van der Waals surface area contributed by atoms with E-state index in [2.05, 4.69) is 5.32 Å². The molecule has 0 aromatic heterocycles. The van der Waals surface area contributed by atoms with Crippen LogP contribution >= 0.6 is 0 Å². The summed E-state index contributed by atoms with van der Waals surface area (Å²) >= 11 is 0. The molecule has 4 nitrogen and oxygen atoms in total. The molecule has 0 bridgehead atoms. The molecule has 1 fully saturated rings. The molecule has 0 aliphatic heterocycles. The van der Waals surface area contributed by atoms with Crippen molar-refractivity contribution in [1.82, 2.24) is 5.32 Å². The number of nitrogens with one attached hydrogen (secondary N) is 1. The third-order valence-electron chi connectivity index (χ3n) is 4.70. The van der Waals surface area contributed by atoms with Crippen LogP contribution in [-0.4, -0.2) is 20.9 Å². The fourth-order valence-electron chi connectivity index (χ4n) is 3.24. The van der Waals surface area contributed by atoms with Crippen molar-refractivity contribution in [3.63, 3.8) is 0 Å². The van der Waals surface area contributed by atoms with Crippen molar-refractivity contribution in [1.29, 1.82) is 0 Å². The maximum atomic E-state index is 12.4. The van der Waals surface area contributed by atoms with E-state index in [1.807, 2.05) is 0 Å². The van der Waals surface area contributed by atoms with Gasteiger partial charge in [-0.15, -0.1) is 0 Å². The Hall–Kier alpha value is -2.14. The average Bonchev–Trinajstić information content (AvgIpc) is 3.14. The molecular formula is C20H23NO3S. The summed E-state index contributed by atoms with van der Waals surface area (Å²) in [5.74, 6) is 0.435. The Morgan fingerprint density at radius 1 is 0.960 bits per heavy atom. The fourth-order valence-corrected chi connectivity index (χ4v) is 4.61. The molecule has 25 heavy (non-hydrogen) atoms.